The number of carbonyl (C=O) groups is 1. The van der Waals surface area contributed by atoms with Gasteiger partial charge in [0.1, 0.15) is 5.75 Å². The highest BCUT2D eigenvalue weighted by atomic mass is 32.2. The Kier molecular flexibility index (Phi) is 3.92. The van der Waals surface area contributed by atoms with Gasteiger partial charge >= 0.3 is 10.1 Å². The fourth-order valence-electron chi connectivity index (χ4n) is 2.21. The van der Waals surface area contributed by atoms with Crippen molar-refractivity contribution in [2.45, 2.75) is 11.8 Å². The van der Waals surface area contributed by atoms with Crippen LogP contribution in [0.1, 0.15) is 18.6 Å². The summed E-state index contributed by atoms with van der Waals surface area (Å²) >= 11 is 0. The second-order valence-corrected chi connectivity index (χ2v) is 6.66. The van der Waals surface area contributed by atoms with Gasteiger partial charge in [-0.25, -0.2) is 0 Å². The zero-order valence-corrected chi connectivity index (χ0v) is 13.3. The largest absolute Gasteiger partial charge is 0.460 e. The van der Waals surface area contributed by atoms with Crippen molar-refractivity contribution in [3.05, 3.63) is 83.4 Å². The molecule has 1 heterocycles. The zero-order valence-electron chi connectivity index (χ0n) is 13.5. The van der Waals surface area contributed by atoms with E-state index in [0.29, 0.717) is 5.56 Å². The molecule has 0 radical (unpaired) electrons. The van der Waals surface area contributed by atoms with Gasteiger partial charge in [-0.05, 0) is 5.56 Å². The van der Waals surface area contributed by atoms with Crippen LogP contribution in [-0.2, 0) is 29.6 Å². The molecule has 0 bridgehead atoms. The van der Waals surface area contributed by atoms with E-state index in [1.165, 1.54) is 12.1 Å². The van der Waals surface area contributed by atoms with Gasteiger partial charge in [-0.2, -0.15) is 8.42 Å². The molecule has 0 aromatic heterocycles. The molecule has 3 rings (SSSR count). The second-order valence-electron chi connectivity index (χ2n) is 5.09. The van der Waals surface area contributed by atoms with Crippen molar-refractivity contribution in [3.8, 4) is 0 Å². The van der Waals surface area contributed by atoms with Crippen molar-refractivity contribution in [2.75, 3.05) is 0 Å². The van der Waals surface area contributed by atoms with Crippen LogP contribution in [0.15, 0.2) is 72.3 Å². The lowest BCUT2D eigenvalue weighted by Crippen LogP contribution is -2.16. The second kappa shape index (κ2) is 6.37. The van der Waals surface area contributed by atoms with Crippen LogP contribution in [0.25, 0.3) is 0 Å². The summed E-state index contributed by atoms with van der Waals surface area (Å²) < 4.78 is 42.7. The van der Waals surface area contributed by atoms with E-state index in [9.17, 15) is 13.2 Å². The lowest BCUT2D eigenvalue weighted by Gasteiger charge is -2.09. The molecule has 2 aromatic rings. The summed E-state index contributed by atoms with van der Waals surface area (Å²) in [5.74, 6) is -2.60. The number of Topliss-reactive ketones (excluding diaryl/α,β-unsaturated/α-hetero) is 1. The van der Waals surface area contributed by atoms with E-state index in [4.69, 9.17) is 16.0 Å². The molecule has 124 valence electrons. The summed E-state index contributed by atoms with van der Waals surface area (Å²) in [6.45, 7) is 0. The Balaban J connectivity index is 1.83. The van der Waals surface area contributed by atoms with Crippen LogP contribution < -0.4 is 5.73 Å². The van der Waals surface area contributed by atoms with Gasteiger partial charge in [-0.3, -0.25) is 4.79 Å². The van der Waals surface area contributed by atoms with E-state index in [0.717, 1.165) is 0 Å². The number of ketones is 1. The van der Waals surface area contributed by atoms with Gasteiger partial charge in [0.05, 0.1) is 1.37 Å². The summed E-state index contributed by atoms with van der Waals surface area (Å²) in [4.78, 5) is 12.5. The zero-order chi connectivity index (χ0) is 18.1. The molecule has 7 heteroatoms. The number of benzene rings is 2. The summed E-state index contributed by atoms with van der Waals surface area (Å²) in [6, 6.07) is 16.4. The highest BCUT2D eigenvalue weighted by Gasteiger charge is 2.39. The maximum atomic E-state index is 12.5. The van der Waals surface area contributed by atoms with E-state index in [2.05, 4.69) is 0 Å². The summed E-state index contributed by atoms with van der Waals surface area (Å²) in [6.07, 6.45) is -2.16. The lowest BCUT2D eigenvalue weighted by molar-refractivity contribution is -0.123. The molecular formula is C17H15NO5S. The third-order valence-electron chi connectivity index (χ3n) is 3.28. The average Bonchev–Trinajstić information content (AvgIpc) is 2.80. The van der Waals surface area contributed by atoms with Gasteiger partial charge in [-0.1, -0.05) is 60.7 Å². The van der Waals surface area contributed by atoms with Crippen molar-refractivity contribution in [1.82, 2.24) is 0 Å². The highest BCUT2D eigenvalue weighted by molar-refractivity contribution is 7.86. The standard InChI is InChI=1S/C17H15NO5S/c18-17-16(14(19)15(22-17)13-9-5-2-6-10-13)23-24(20,21)11-12-7-3-1-4-8-12/h1-10,15H,11,18H2/i15D. The molecule has 0 aliphatic carbocycles. The Bertz CT molecular complexity index is 928. The number of rotatable bonds is 5. The van der Waals surface area contributed by atoms with Gasteiger partial charge in [-0.15, -0.1) is 0 Å². The number of hydrogen-bond donors (Lipinski definition) is 1. The minimum absolute atomic E-state index is 0.224. The summed E-state index contributed by atoms with van der Waals surface area (Å²) in [5, 5.41) is 0. The summed E-state index contributed by atoms with van der Waals surface area (Å²) in [5.41, 5.74) is 6.33. The molecular weight excluding hydrogens is 330 g/mol. The Morgan fingerprint density at radius 3 is 2.29 bits per heavy atom. The van der Waals surface area contributed by atoms with Gasteiger partial charge in [0.15, 0.2) is 6.08 Å². The van der Waals surface area contributed by atoms with Gasteiger partial charge in [0, 0.05) is 5.56 Å². The van der Waals surface area contributed by atoms with Crippen LogP contribution in [0.5, 0.6) is 0 Å². The number of ether oxygens (including phenoxy) is 1. The first-order valence-electron chi connectivity index (χ1n) is 7.57. The summed E-state index contributed by atoms with van der Waals surface area (Å²) in [7, 11) is -4.14. The molecule has 2 aromatic carbocycles. The Labute approximate surface area is 141 Å². The quantitative estimate of drug-likeness (QED) is 0.832. The predicted octanol–water partition coefficient (Wildman–Crippen LogP) is 2.00. The molecule has 0 saturated carbocycles. The Hall–Kier alpha value is -2.80. The molecule has 0 fully saturated rings. The van der Waals surface area contributed by atoms with Crippen LogP contribution in [0, 0.1) is 0 Å². The van der Waals surface area contributed by atoms with E-state index >= 15 is 0 Å². The van der Waals surface area contributed by atoms with E-state index in [-0.39, 0.29) is 5.56 Å². The molecule has 0 spiro atoms. The van der Waals surface area contributed by atoms with Crippen molar-refractivity contribution in [3.63, 3.8) is 0 Å². The first-order valence-corrected chi connectivity index (χ1v) is 8.65. The highest BCUT2D eigenvalue weighted by Crippen LogP contribution is 2.32. The maximum Gasteiger partial charge on any atom is 0.313 e. The van der Waals surface area contributed by atoms with Gasteiger partial charge in [0.25, 0.3) is 0 Å². The maximum absolute atomic E-state index is 12.5. The van der Waals surface area contributed by atoms with Crippen molar-refractivity contribution in [1.29, 1.82) is 0 Å². The molecule has 0 saturated heterocycles. The fraction of sp³-hybridized carbons (Fsp3) is 0.118. The van der Waals surface area contributed by atoms with E-state index in [1.807, 2.05) is 0 Å². The van der Waals surface area contributed by atoms with Gasteiger partial charge < -0.3 is 14.7 Å². The minimum atomic E-state index is -4.14. The first kappa shape index (κ1) is 14.8. The first-order chi connectivity index (χ1) is 11.8. The predicted molar refractivity (Wildman–Crippen MR) is 86.6 cm³/mol. The van der Waals surface area contributed by atoms with Crippen LogP contribution in [0.4, 0.5) is 0 Å². The molecule has 6 nitrogen and oxygen atoms in total. The molecule has 1 atom stereocenters. The van der Waals surface area contributed by atoms with Crippen LogP contribution in [0.3, 0.4) is 0 Å². The van der Waals surface area contributed by atoms with E-state index in [1.54, 1.807) is 48.5 Å². The smallest absolute Gasteiger partial charge is 0.313 e. The Morgan fingerprint density at radius 1 is 1.08 bits per heavy atom. The third-order valence-corrected chi connectivity index (χ3v) is 4.39. The molecule has 2 N–H and O–H groups in total. The Morgan fingerprint density at radius 2 is 1.67 bits per heavy atom. The average molecular weight is 346 g/mol. The van der Waals surface area contributed by atoms with Crippen LogP contribution in [-0.4, -0.2) is 14.2 Å². The van der Waals surface area contributed by atoms with Gasteiger partial charge in [0.2, 0.25) is 17.4 Å². The number of carbonyl (C=O) groups excluding carboxylic acids is 1. The monoisotopic (exact) mass is 346 g/mol. The normalized spacial score (nSPS) is 21.3. The van der Waals surface area contributed by atoms with Crippen molar-refractivity contribution >= 4 is 15.9 Å². The lowest BCUT2D eigenvalue weighted by atomic mass is 10.1. The molecule has 1 aliphatic heterocycles. The van der Waals surface area contributed by atoms with E-state index < -0.39 is 39.4 Å². The SMILES string of the molecule is [2H]C1(c2ccccc2)OC(N)=C(OS(=O)(=O)Cc2ccccc2)C1=O. The van der Waals surface area contributed by atoms with Crippen LogP contribution in [0.2, 0.25) is 0 Å². The van der Waals surface area contributed by atoms with Crippen molar-refractivity contribution in [2.24, 2.45) is 5.73 Å². The van der Waals surface area contributed by atoms with Crippen LogP contribution >= 0.6 is 0 Å². The molecule has 1 aliphatic rings. The minimum Gasteiger partial charge on any atom is -0.460 e. The molecule has 24 heavy (non-hydrogen) atoms. The fourth-order valence-corrected chi connectivity index (χ4v) is 3.28. The molecule has 0 amide bonds. The number of nitrogens with two attached hydrogens (primary N) is 1. The third kappa shape index (κ3) is 3.41. The number of hydrogen-bond acceptors (Lipinski definition) is 6. The molecule has 1 unspecified atom stereocenters. The topological polar surface area (TPSA) is 95.7 Å². The van der Waals surface area contributed by atoms with Crippen molar-refractivity contribution < 1.29 is 23.5 Å².